The first-order chi connectivity index (χ1) is 14.1. The zero-order chi connectivity index (χ0) is 20.4. The summed E-state index contributed by atoms with van der Waals surface area (Å²) in [6.45, 7) is 1.63. The summed E-state index contributed by atoms with van der Waals surface area (Å²) in [5.41, 5.74) is 1.88. The molecule has 1 N–H and O–H groups in total. The molecule has 3 amide bonds. The van der Waals surface area contributed by atoms with Gasteiger partial charge in [0.05, 0.1) is 17.9 Å². The van der Waals surface area contributed by atoms with Gasteiger partial charge in [-0.3, -0.25) is 19.3 Å². The van der Waals surface area contributed by atoms with Gasteiger partial charge in [-0.15, -0.1) is 0 Å². The topological polar surface area (TPSA) is 66.5 Å². The van der Waals surface area contributed by atoms with Crippen LogP contribution in [0, 0.1) is 11.8 Å². The van der Waals surface area contributed by atoms with Crippen LogP contribution in [0.2, 0.25) is 0 Å². The van der Waals surface area contributed by atoms with Crippen LogP contribution in [0.4, 0.5) is 0 Å². The number of hydrogen-bond acceptors (Lipinski definition) is 3. The van der Waals surface area contributed by atoms with Crippen LogP contribution < -0.4 is 5.32 Å². The first-order valence-corrected chi connectivity index (χ1v) is 10.00. The number of amides is 3. The second kappa shape index (κ2) is 8.03. The van der Waals surface area contributed by atoms with Crippen LogP contribution in [0.3, 0.4) is 0 Å². The highest BCUT2D eigenvalue weighted by Gasteiger charge is 2.50. The van der Waals surface area contributed by atoms with Crippen LogP contribution in [0.1, 0.15) is 36.9 Å². The van der Waals surface area contributed by atoms with Crippen molar-refractivity contribution in [2.45, 2.75) is 31.8 Å². The van der Waals surface area contributed by atoms with E-state index in [0.717, 1.165) is 11.1 Å². The third-order valence-corrected chi connectivity index (χ3v) is 5.86. The summed E-state index contributed by atoms with van der Waals surface area (Å²) in [7, 11) is 0. The van der Waals surface area contributed by atoms with Crippen LogP contribution >= 0.6 is 0 Å². The summed E-state index contributed by atoms with van der Waals surface area (Å²) in [5, 5.41) is 3.05. The Hall–Kier alpha value is -3.21. The van der Waals surface area contributed by atoms with Crippen molar-refractivity contribution in [1.82, 2.24) is 10.2 Å². The van der Waals surface area contributed by atoms with Gasteiger partial charge in [0.2, 0.25) is 17.7 Å². The number of imide groups is 1. The average molecular weight is 388 g/mol. The number of nitrogens with one attached hydrogen (secondary N) is 1. The van der Waals surface area contributed by atoms with Gasteiger partial charge in [0.1, 0.15) is 6.04 Å². The number of nitrogens with zero attached hydrogens (tertiary/aromatic N) is 1. The third kappa shape index (κ3) is 3.60. The second-order valence-electron chi connectivity index (χ2n) is 7.64. The maximum absolute atomic E-state index is 13.1. The van der Waals surface area contributed by atoms with Crippen molar-refractivity contribution < 1.29 is 14.4 Å². The van der Waals surface area contributed by atoms with E-state index in [4.69, 9.17) is 0 Å². The third-order valence-electron chi connectivity index (χ3n) is 5.86. The summed E-state index contributed by atoms with van der Waals surface area (Å²) in [6, 6.07) is 18.1. The van der Waals surface area contributed by atoms with Gasteiger partial charge < -0.3 is 5.32 Å². The van der Waals surface area contributed by atoms with Gasteiger partial charge in [-0.25, -0.2) is 0 Å². The number of benzene rings is 2. The molecule has 1 aliphatic carbocycles. The zero-order valence-electron chi connectivity index (χ0n) is 16.3. The largest absolute Gasteiger partial charge is 0.343 e. The molecule has 0 spiro atoms. The minimum atomic E-state index is -0.851. The molecule has 3 atom stereocenters. The Morgan fingerprint density at radius 3 is 1.76 bits per heavy atom. The molecule has 0 bridgehead atoms. The lowest BCUT2D eigenvalue weighted by Crippen LogP contribution is -2.49. The van der Waals surface area contributed by atoms with E-state index in [0.29, 0.717) is 12.8 Å². The molecule has 5 nitrogen and oxygen atoms in total. The van der Waals surface area contributed by atoms with E-state index in [9.17, 15) is 14.4 Å². The van der Waals surface area contributed by atoms with E-state index in [1.807, 2.05) is 72.8 Å². The lowest BCUT2D eigenvalue weighted by atomic mass is 9.85. The Kier molecular flexibility index (Phi) is 5.30. The molecule has 2 aliphatic rings. The number of allylic oxidation sites excluding steroid dienone is 2. The highest BCUT2D eigenvalue weighted by atomic mass is 16.2. The van der Waals surface area contributed by atoms with Crippen LogP contribution in [-0.4, -0.2) is 28.7 Å². The van der Waals surface area contributed by atoms with Gasteiger partial charge in [-0.2, -0.15) is 0 Å². The minimum Gasteiger partial charge on any atom is -0.343 e. The molecule has 1 aliphatic heterocycles. The van der Waals surface area contributed by atoms with Gasteiger partial charge in [0.25, 0.3) is 0 Å². The standard InChI is InChI=1S/C24H24N2O3/c1-16(26-23(28)19-14-8-9-15-20(19)24(26)29)22(27)25-21(17-10-4-2-5-11-17)18-12-6-3-7-13-18/h2-13,16,19-21H,14-15H2,1H3,(H,25,27)/t16-,19-,20-/m0/s1. The highest BCUT2D eigenvalue weighted by molar-refractivity contribution is 6.08. The predicted molar refractivity (Wildman–Crippen MR) is 110 cm³/mol. The van der Waals surface area contributed by atoms with Crippen LogP contribution in [0.5, 0.6) is 0 Å². The fraction of sp³-hybridized carbons (Fsp3) is 0.292. The molecule has 0 radical (unpaired) electrons. The first-order valence-electron chi connectivity index (χ1n) is 10.00. The quantitative estimate of drug-likeness (QED) is 0.632. The average Bonchev–Trinajstić information content (AvgIpc) is 3.03. The highest BCUT2D eigenvalue weighted by Crippen LogP contribution is 2.36. The summed E-state index contributed by atoms with van der Waals surface area (Å²) in [6.07, 6.45) is 5.02. The summed E-state index contributed by atoms with van der Waals surface area (Å²) >= 11 is 0. The molecule has 0 aromatic heterocycles. The van der Waals surface area contributed by atoms with Crippen molar-refractivity contribution in [3.05, 3.63) is 83.9 Å². The van der Waals surface area contributed by atoms with Gasteiger partial charge in [0.15, 0.2) is 0 Å². The molecule has 2 aromatic rings. The van der Waals surface area contributed by atoms with Crippen LogP contribution in [0.25, 0.3) is 0 Å². The summed E-state index contributed by atoms with van der Waals surface area (Å²) in [5.74, 6) is -1.47. The van der Waals surface area contributed by atoms with Crippen molar-refractivity contribution in [2.75, 3.05) is 0 Å². The van der Waals surface area contributed by atoms with Gasteiger partial charge >= 0.3 is 0 Å². The molecule has 148 valence electrons. The molecule has 29 heavy (non-hydrogen) atoms. The Balaban J connectivity index is 1.56. The normalized spacial score (nSPS) is 21.9. The van der Waals surface area contributed by atoms with Crippen molar-refractivity contribution in [1.29, 1.82) is 0 Å². The van der Waals surface area contributed by atoms with Crippen molar-refractivity contribution in [3.63, 3.8) is 0 Å². The molecule has 1 heterocycles. The second-order valence-corrected chi connectivity index (χ2v) is 7.64. The van der Waals surface area contributed by atoms with E-state index in [1.165, 1.54) is 4.90 Å². The predicted octanol–water partition coefficient (Wildman–Crippen LogP) is 3.23. The SMILES string of the molecule is C[C@@H](C(=O)NC(c1ccccc1)c1ccccc1)N1C(=O)[C@H]2CC=CC[C@@H]2C1=O. The Morgan fingerprint density at radius 1 is 0.862 bits per heavy atom. The van der Waals surface area contributed by atoms with E-state index < -0.39 is 6.04 Å². The molecule has 0 saturated carbocycles. The molecule has 5 heteroatoms. The first kappa shape index (κ1) is 19.1. The molecule has 0 unspecified atom stereocenters. The number of carbonyl (C=O) groups excluding carboxylic acids is 3. The Bertz CT molecular complexity index is 874. The molecular formula is C24H24N2O3. The number of rotatable bonds is 5. The maximum Gasteiger partial charge on any atom is 0.243 e. The smallest absolute Gasteiger partial charge is 0.243 e. The fourth-order valence-corrected chi connectivity index (χ4v) is 4.24. The maximum atomic E-state index is 13.1. The number of fused-ring (bicyclic) bond motifs is 1. The molecular weight excluding hydrogens is 364 g/mol. The van der Waals surface area contributed by atoms with Gasteiger partial charge in [0, 0.05) is 0 Å². The van der Waals surface area contributed by atoms with E-state index in [1.54, 1.807) is 6.92 Å². The van der Waals surface area contributed by atoms with Gasteiger partial charge in [-0.1, -0.05) is 72.8 Å². The lowest BCUT2D eigenvalue weighted by molar-refractivity contribution is -0.147. The van der Waals surface area contributed by atoms with E-state index >= 15 is 0 Å². The van der Waals surface area contributed by atoms with Crippen LogP contribution in [0.15, 0.2) is 72.8 Å². The molecule has 1 fully saturated rings. The molecule has 4 rings (SSSR count). The number of carbonyl (C=O) groups is 3. The monoisotopic (exact) mass is 388 g/mol. The summed E-state index contributed by atoms with van der Waals surface area (Å²) < 4.78 is 0. The summed E-state index contributed by atoms with van der Waals surface area (Å²) in [4.78, 5) is 39.9. The molecule has 2 aromatic carbocycles. The molecule has 1 saturated heterocycles. The zero-order valence-corrected chi connectivity index (χ0v) is 16.3. The lowest BCUT2D eigenvalue weighted by Gasteiger charge is -2.26. The Morgan fingerprint density at radius 2 is 1.31 bits per heavy atom. The van der Waals surface area contributed by atoms with Gasteiger partial charge in [-0.05, 0) is 30.9 Å². The fourth-order valence-electron chi connectivity index (χ4n) is 4.24. The van der Waals surface area contributed by atoms with Crippen LogP contribution in [-0.2, 0) is 14.4 Å². The van der Waals surface area contributed by atoms with Crippen molar-refractivity contribution in [2.24, 2.45) is 11.8 Å². The minimum absolute atomic E-state index is 0.233. The number of hydrogen-bond donors (Lipinski definition) is 1. The number of likely N-dealkylation sites (tertiary alicyclic amines) is 1. The van der Waals surface area contributed by atoms with E-state index in [2.05, 4.69) is 5.32 Å². The van der Waals surface area contributed by atoms with Crippen molar-refractivity contribution >= 4 is 17.7 Å². The van der Waals surface area contributed by atoms with E-state index in [-0.39, 0.29) is 35.6 Å². The van der Waals surface area contributed by atoms with Crippen molar-refractivity contribution in [3.8, 4) is 0 Å². The Labute approximate surface area is 170 Å².